The molecule has 2 heterocycles. The highest BCUT2D eigenvalue weighted by Gasteiger charge is 2.11. The number of amides is 1. The van der Waals surface area contributed by atoms with E-state index in [1.807, 2.05) is 0 Å². The minimum atomic E-state index is -0.398. The SMILES string of the molecule is Nc1cc(C(=O)Nc2ncccc2Cl)[nH]n1. The van der Waals surface area contributed by atoms with Gasteiger partial charge in [-0.15, -0.1) is 0 Å². The van der Waals surface area contributed by atoms with Crippen LogP contribution in [0.1, 0.15) is 10.5 Å². The lowest BCUT2D eigenvalue weighted by Crippen LogP contribution is -2.13. The molecule has 0 bridgehead atoms. The highest BCUT2D eigenvalue weighted by atomic mass is 35.5. The molecule has 1 amide bonds. The Morgan fingerprint density at radius 2 is 2.38 bits per heavy atom. The lowest BCUT2D eigenvalue weighted by molar-refractivity contribution is 0.102. The number of halogens is 1. The van der Waals surface area contributed by atoms with Crippen molar-refractivity contribution in [1.82, 2.24) is 15.2 Å². The zero-order chi connectivity index (χ0) is 11.5. The van der Waals surface area contributed by atoms with Crippen molar-refractivity contribution in [3.8, 4) is 0 Å². The molecule has 4 N–H and O–H groups in total. The summed E-state index contributed by atoms with van der Waals surface area (Å²) in [5, 5.41) is 9.02. The number of hydrogen-bond acceptors (Lipinski definition) is 4. The highest BCUT2D eigenvalue weighted by molar-refractivity contribution is 6.33. The van der Waals surface area contributed by atoms with Crippen LogP contribution < -0.4 is 11.1 Å². The fourth-order valence-corrected chi connectivity index (χ4v) is 1.27. The minimum Gasteiger partial charge on any atom is -0.382 e. The summed E-state index contributed by atoms with van der Waals surface area (Å²) >= 11 is 5.83. The topological polar surface area (TPSA) is 96.7 Å². The number of nitrogens with two attached hydrogens (primary N) is 1. The van der Waals surface area contributed by atoms with Crippen molar-refractivity contribution in [1.29, 1.82) is 0 Å². The van der Waals surface area contributed by atoms with Crippen LogP contribution in [0.5, 0.6) is 0 Å². The fraction of sp³-hybridized carbons (Fsp3) is 0. The molecule has 7 heteroatoms. The number of carbonyl (C=O) groups excluding carboxylic acids is 1. The number of anilines is 2. The van der Waals surface area contributed by atoms with E-state index in [4.69, 9.17) is 17.3 Å². The maximum Gasteiger partial charge on any atom is 0.274 e. The lowest BCUT2D eigenvalue weighted by atomic mass is 10.4. The molecule has 0 aliphatic rings. The van der Waals surface area contributed by atoms with Gasteiger partial charge in [0.1, 0.15) is 11.5 Å². The van der Waals surface area contributed by atoms with Crippen LogP contribution in [0.15, 0.2) is 24.4 Å². The molecule has 82 valence electrons. The Labute approximate surface area is 95.8 Å². The maximum atomic E-state index is 11.6. The maximum absolute atomic E-state index is 11.6. The van der Waals surface area contributed by atoms with Crippen LogP contribution in [-0.4, -0.2) is 21.1 Å². The van der Waals surface area contributed by atoms with E-state index in [0.717, 1.165) is 0 Å². The Morgan fingerprint density at radius 3 is 3.00 bits per heavy atom. The van der Waals surface area contributed by atoms with Gasteiger partial charge in [-0.1, -0.05) is 11.6 Å². The van der Waals surface area contributed by atoms with Crippen molar-refractivity contribution in [2.24, 2.45) is 0 Å². The summed E-state index contributed by atoms with van der Waals surface area (Å²) < 4.78 is 0. The molecule has 0 aromatic carbocycles. The van der Waals surface area contributed by atoms with Crippen molar-refractivity contribution < 1.29 is 4.79 Å². The second kappa shape index (κ2) is 4.19. The summed E-state index contributed by atoms with van der Waals surface area (Å²) in [6.45, 7) is 0. The predicted octanol–water partition coefficient (Wildman–Crippen LogP) is 1.29. The molecular formula is C9H8ClN5O. The van der Waals surface area contributed by atoms with Crippen molar-refractivity contribution in [3.05, 3.63) is 35.1 Å². The van der Waals surface area contributed by atoms with E-state index in [2.05, 4.69) is 20.5 Å². The molecule has 0 atom stereocenters. The average Bonchev–Trinajstić information content (AvgIpc) is 2.68. The predicted molar refractivity (Wildman–Crippen MR) is 60.2 cm³/mol. The number of hydrogen-bond donors (Lipinski definition) is 3. The van der Waals surface area contributed by atoms with Gasteiger partial charge in [-0.05, 0) is 12.1 Å². The van der Waals surface area contributed by atoms with E-state index >= 15 is 0 Å². The third kappa shape index (κ3) is 2.12. The summed E-state index contributed by atoms with van der Waals surface area (Å²) in [5.74, 6) is 0.143. The molecule has 0 saturated heterocycles. The third-order valence-electron chi connectivity index (χ3n) is 1.83. The van der Waals surface area contributed by atoms with E-state index in [9.17, 15) is 4.79 Å². The van der Waals surface area contributed by atoms with Gasteiger partial charge in [0.05, 0.1) is 5.02 Å². The third-order valence-corrected chi connectivity index (χ3v) is 2.14. The second-order valence-electron chi connectivity index (χ2n) is 2.99. The van der Waals surface area contributed by atoms with Crippen LogP contribution in [0.3, 0.4) is 0 Å². The Kier molecular flexibility index (Phi) is 2.74. The number of rotatable bonds is 2. The molecule has 0 saturated carbocycles. The van der Waals surface area contributed by atoms with Gasteiger partial charge in [-0.2, -0.15) is 5.10 Å². The van der Waals surface area contributed by atoms with Crippen LogP contribution in [0.2, 0.25) is 5.02 Å². The molecule has 0 fully saturated rings. The second-order valence-corrected chi connectivity index (χ2v) is 3.40. The Bertz CT molecular complexity index is 524. The zero-order valence-electron chi connectivity index (χ0n) is 8.07. The quantitative estimate of drug-likeness (QED) is 0.733. The molecule has 2 rings (SSSR count). The summed E-state index contributed by atoms with van der Waals surface area (Å²) in [5.41, 5.74) is 5.62. The Hall–Kier alpha value is -2.08. The summed E-state index contributed by atoms with van der Waals surface area (Å²) in [4.78, 5) is 15.6. The van der Waals surface area contributed by atoms with Crippen LogP contribution in [0.25, 0.3) is 0 Å². The van der Waals surface area contributed by atoms with E-state index in [-0.39, 0.29) is 11.5 Å². The highest BCUT2D eigenvalue weighted by Crippen LogP contribution is 2.18. The Balaban J connectivity index is 2.17. The first-order valence-electron chi connectivity index (χ1n) is 4.39. The van der Waals surface area contributed by atoms with Gasteiger partial charge >= 0.3 is 0 Å². The van der Waals surface area contributed by atoms with Crippen molar-refractivity contribution in [3.63, 3.8) is 0 Å². The van der Waals surface area contributed by atoms with Gasteiger partial charge in [0.15, 0.2) is 5.82 Å². The first-order chi connectivity index (χ1) is 7.66. The molecule has 0 unspecified atom stereocenters. The molecule has 16 heavy (non-hydrogen) atoms. The van der Waals surface area contributed by atoms with Crippen molar-refractivity contribution >= 4 is 29.1 Å². The number of aromatic nitrogens is 3. The Morgan fingerprint density at radius 1 is 1.56 bits per heavy atom. The minimum absolute atomic E-state index is 0.247. The standard InChI is InChI=1S/C9H8ClN5O/c10-5-2-1-3-12-8(5)13-9(16)6-4-7(11)15-14-6/h1-4H,(H3,11,14,15)(H,12,13,16). The van der Waals surface area contributed by atoms with E-state index in [1.54, 1.807) is 12.1 Å². The van der Waals surface area contributed by atoms with Crippen LogP contribution in [0, 0.1) is 0 Å². The summed E-state index contributed by atoms with van der Waals surface area (Å²) in [6, 6.07) is 4.73. The molecule has 0 radical (unpaired) electrons. The first kappa shape index (κ1) is 10.4. The van der Waals surface area contributed by atoms with Gasteiger partial charge < -0.3 is 11.1 Å². The first-order valence-corrected chi connectivity index (χ1v) is 4.77. The number of carbonyl (C=O) groups is 1. The van der Waals surface area contributed by atoms with E-state index < -0.39 is 5.91 Å². The largest absolute Gasteiger partial charge is 0.382 e. The number of aromatic amines is 1. The number of pyridine rings is 1. The van der Waals surface area contributed by atoms with Gasteiger partial charge in [0, 0.05) is 12.3 Å². The van der Waals surface area contributed by atoms with Crippen molar-refractivity contribution in [2.45, 2.75) is 0 Å². The van der Waals surface area contributed by atoms with Gasteiger partial charge in [0.25, 0.3) is 5.91 Å². The van der Waals surface area contributed by atoms with Crippen LogP contribution in [-0.2, 0) is 0 Å². The molecule has 0 aliphatic carbocycles. The number of nitrogens with zero attached hydrogens (tertiary/aromatic N) is 2. The lowest BCUT2D eigenvalue weighted by Gasteiger charge is -2.03. The van der Waals surface area contributed by atoms with E-state index in [0.29, 0.717) is 10.8 Å². The van der Waals surface area contributed by atoms with E-state index in [1.165, 1.54) is 12.3 Å². The molecule has 0 spiro atoms. The number of nitrogens with one attached hydrogen (secondary N) is 2. The molecular weight excluding hydrogens is 230 g/mol. The van der Waals surface area contributed by atoms with Gasteiger partial charge in [-0.3, -0.25) is 9.89 Å². The van der Waals surface area contributed by atoms with Crippen LogP contribution >= 0.6 is 11.6 Å². The number of nitrogen functional groups attached to an aromatic ring is 1. The summed E-state index contributed by atoms with van der Waals surface area (Å²) in [6.07, 6.45) is 1.53. The smallest absolute Gasteiger partial charge is 0.274 e. The molecule has 0 aliphatic heterocycles. The normalized spacial score (nSPS) is 10.1. The van der Waals surface area contributed by atoms with Crippen LogP contribution in [0.4, 0.5) is 11.6 Å². The fourth-order valence-electron chi connectivity index (χ4n) is 1.11. The zero-order valence-corrected chi connectivity index (χ0v) is 8.82. The van der Waals surface area contributed by atoms with Crippen molar-refractivity contribution in [2.75, 3.05) is 11.1 Å². The number of H-pyrrole nitrogens is 1. The molecule has 2 aromatic rings. The monoisotopic (exact) mass is 237 g/mol. The molecule has 2 aromatic heterocycles. The molecule has 6 nitrogen and oxygen atoms in total. The van der Waals surface area contributed by atoms with Gasteiger partial charge in [-0.25, -0.2) is 4.98 Å². The van der Waals surface area contributed by atoms with Gasteiger partial charge in [0.2, 0.25) is 0 Å². The summed E-state index contributed by atoms with van der Waals surface area (Å²) in [7, 11) is 0. The average molecular weight is 238 g/mol.